The number of guanidine groups is 1. The largest absolute Gasteiger partial charge is 0.497 e. The van der Waals surface area contributed by atoms with Crippen molar-refractivity contribution in [3.8, 4) is 5.75 Å². The Labute approximate surface area is 179 Å². The zero-order valence-corrected chi connectivity index (χ0v) is 19.4. The number of hydrogen-bond acceptors (Lipinski definition) is 5. The predicted molar refractivity (Wildman–Crippen MR) is 121 cm³/mol. The Kier molecular flexibility index (Phi) is 10.4. The molecule has 9 heteroatoms. The summed E-state index contributed by atoms with van der Waals surface area (Å²) in [5.74, 6) is 1.54. The Balaban J connectivity index is 0.00000364. The fraction of sp³-hybridized carbons (Fsp3) is 0.611. The molecule has 0 spiro atoms. The third-order valence-corrected chi connectivity index (χ3v) is 5.46. The van der Waals surface area contributed by atoms with Crippen LogP contribution in [0.1, 0.15) is 24.4 Å². The fourth-order valence-corrected chi connectivity index (χ4v) is 3.60. The van der Waals surface area contributed by atoms with E-state index in [4.69, 9.17) is 4.74 Å². The molecule has 27 heavy (non-hydrogen) atoms. The maximum Gasteiger partial charge on any atom is 0.191 e. The molecule has 1 fully saturated rings. The summed E-state index contributed by atoms with van der Waals surface area (Å²) in [5, 5.41) is 6.39. The van der Waals surface area contributed by atoms with Gasteiger partial charge in [-0.15, -0.1) is 24.0 Å². The lowest BCUT2D eigenvalue weighted by atomic mass is 10.1. The minimum atomic E-state index is -2.99. The van der Waals surface area contributed by atoms with Crippen LogP contribution >= 0.6 is 24.0 Å². The van der Waals surface area contributed by atoms with Gasteiger partial charge < -0.3 is 15.4 Å². The van der Waals surface area contributed by atoms with Gasteiger partial charge in [-0.25, -0.2) is 8.42 Å². The second kappa shape index (κ2) is 11.7. The number of nitrogens with zero attached hydrogens (tertiary/aromatic N) is 2. The highest BCUT2D eigenvalue weighted by molar-refractivity contribution is 14.0. The molecule has 2 rings (SSSR count). The summed E-state index contributed by atoms with van der Waals surface area (Å²) in [5.41, 5.74) is 1.20. The fourth-order valence-electron chi connectivity index (χ4n) is 3.13. The molecule has 1 unspecified atom stereocenters. The van der Waals surface area contributed by atoms with Gasteiger partial charge in [-0.1, -0.05) is 12.1 Å². The molecule has 0 aromatic heterocycles. The number of aliphatic imine (C=N–C) groups is 1. The molecular formula is C18H31IN4O3S. The van der Waals surface area contributed by atoms with Gasteiger partial charge in [0.15, 0.2) is 5.96 Å². The summed E-state index contributed by atoms with van der Waals surface area (Å²) in [6.45, 7) is 3.17. The number of halogens is 1. The lowest BCUT2D eigenvalue weighted by molar-refractivity contribution is 0.245. The average molecular weight is 510 g/mol. The minimum Gasteiger partial charge on any atom is -0.497 e. The first kappa shape index (κ1) is 24.0. The Hall–Kier alpha value is -1.07. The van der Waals surface area contributed by atoms with Crippen molar-refractivity contribution in [2.75, 3.05) is 52.3 Å². The molecule has 1 aliphatic rings. The smallest absolute Gasteiger partial charge is 0.191 e. The topological polar surface area (TPSA) is 83.0 Å². The third kappa shape index (κ3) is 8.22. The molecule has 1 saturated heterocycles. The van der Waals surface area contributed by atoms with Crippen LogP contribution in [-0.4, -0.2) is 71.6 Å². The van der Waals surface area contributed by atoms with E-state index in [0.29, 0.717) is 19.0 Å². The van der Waals surface area contributed by atoms with E-state index < -0.39 is 9.84 Å². The van der Waals surface area contributed by atoms with E-state index in [-0.39, 0.29) is 35.8 Å². The summed E-state index contributed by atoms with van der Waals surface area (Å²) in [6.07, 6.45) is 3.65. The molecule has 0 radical (unpaired) electrons. The maximum absolute atomic E-state index is 11.3. The van der Waals surface area contributed by atoms with Gasteiger partial charge in [0.2, 0.25) is 0 Å². The normalized spacial score (nSPS) is 16.5. The van der Waals surface area contributed by atoms with E-state index >= 15 is 0 Å². The predicted octanol–water partition coefficient (Wildman–Crippen LogP) is 1.66. The Morgan fingerprint density at radius 3 is 2.59 bits per heavy atom. The zero-order chi connectivity index (χ0) is 19.0. The molecule has 1 heterocycles. The molecule has 2 N–H and O–H groups in total. The van der Waals surface area contributed by atoms with Crippen molar-refractivity contribution in [3.05, 3.63) is 29.8 Å². The van der Waals surface area contributed by atoms with Crippen LogP contribution in [0.25, 0.3) is 0 Å². The monoisotopic (exact) mass is 510 g/mol. The van der Waals surface area contributed by atoms with Gasteiger partial charge in [0.1, 0.15) is 15.6 Å². The maximum atomic E-state index is 11.3. The molecule has 0 amide bonds. The highest BCUT2D eigenvalue weighted by atomic mass is 127. The van der Waals surface area contributed by atoms with Gasteiger partial charge in [0.05, 0.1) is 18.9 Å². The number of nitrogens with one attached hydrogen (secondary N) is 2. The van der Waals surface area contributed by atoms with Gasteiger partial charge in [0.25, 0.3) is 0 Å². The van der Waals surface area contributed by atoms with E-state index in [1.54, 1.807) is 14.2 Å². The van der Waals surface area contributed by atoms with Crippen molar-refractivity contribution in [2.24, 2.45) is 4.99 Å². The highest BCUT2D eigenvalue weighted by Crippen LogP contribution is 2.27. The van der Waals surface area contributed by atoms with E-state index in [0.717, 1.165) is 18.8 Å². The van der Waals surface area contributed by atoms with Crippen LogP contribution in [0.4, 0.5) is 0 Å². The Morgan fingerprint density at radius 1 is 1.30 bits per heavy atom. The van der Waals surface area contributed by atoms with Crippen molar-refractivity contribution in [2.45, 2.75) is 18.9 Å². The molecule has 0 saturated carbocycles. The van der Waals surface area contributed by atoms with Gasteiger partial charge in [-0.05, 0) is 43.6 Å². The van der Waals surface area contributed by atoms with Gasteiger partial charge in [-0.3, -0.25) is 9.89 Å². The SMILES string of the molecule is CN=C(NCCS(C)(=O)=O)NCC(c1cccc(OC)c1)N1CCCC1.I. The van der Waals surface area contributed by atoms with E-state index in [1.807, 2.05) is 12.1 Å². The van der Waals surface area contributed by atoms with Crippen LogP contribution in [0.15, 0.2) is 29.3 Å². The van der Waals surface area contributed by atoms with Crippen molar-refractivity contribution in [3.63, 3.8) is 0 Å². The number of likely N-dealkylation sites (tertiary alicyclic amines) is 1. The second-order valence-electron chi connectivity index (χ2n) is 6.55. The molecule has 1 aromatic carbocycles. The summed E-state index contributed by atoms with van der Waals surface area (Å²) in [4.78, 5) is 6.65. The van der Waals surface area contributed by atoms with Crippen LogP contribution in [0.5, 0.6) is 5.75 Å². The summed E-state index contributed by atoms with van der Waals surface area (Å²) in [7, 11) is 0.373. The van der Waals surface area contributed by atoms with Gasteiger partial charge in [-0.2, -0.15) is 0 Å². The second-order valence-corrected chi connectivity index (χ2v) is 8.81. The van der Waals surface area contributed by atoms with Gasteiger partial charge in [0, 0.05) is 26.4 Å². The van der Waals surface area contributed by atoms with Crippen molar-refractivity contribution in [1.29, 1.82) is 0 Å². The molecule has 7 nitrogen and oxygen atoms in total. The number of hydrogen-bond donors (Lipinski definition) is 2. The summed E-state index contributed by atoms with van der Waals surface area (Å²) >= 11 is 0. The van der Waals surface area contributed by atoms with E-state index in [9.17, 15) is 8.42 Å². The van der Waals surface area contributed by atoms with Crippen molar-refractivity contribution in [1.82, 2.24) is 15.5 Å². The molecule has 1 aliphatic heterocycles. The van der Waals surface area contributed by atoms with Crippen molar-refractivity contribution < 1.29 is 13.2 Å². The highest BCUT2D eigenvalue weighted by Gasteiger charge is 2.24. The Morgan fingerprint density at radius 2 is 2.00 bits per heavy atom. The summed E-state index contributed by atoms with van der Waals surface area (Å²) in [6, 6.07) is 8.36. The summed E-state index contributed by atoms with van der Waals surface area (Å²) < 4.78 is 27.9. The quantitative estimate of drug-likeness (QED) is 0.315. The van der Waals surface area contributed by atoms with Crippen LogP contribution in [0.2, 0.25) is 0 Å². The average Bonchev–Trinajstić information content (AvgIpc) is 3.14. The number of rotatable bonds is 8. The van der Waals surface area contributed by atoms with Crippen LogP contribution in [-0.2, 0) is 9.84 Å². The van der Waals surface area contributed by atoms with Crippen LogP contribution < -0.4 is 15.4 Å². The van der Waals surface area contributed by atoms with Crippen molar-refractivity contribution >= 4 is 39.8 Å². The number of methoxy groups -OCH3 is 1. The first-order valence-corrected chi connectivity index (χ1v) is 11.0. The number of sulfone groups is 1. The first-order valence-electron chi connectivity index (χ1n) is 8.93. The lowest BCUT2D eigenvalue weighted by Gasteiger charge is -2.29. The Bertz CT molecular complexity index is 706. The van der Waals surface area contributed by atoms with E-state index in [1.165, 1.54) is 24.7 Å². The third-order valence-electron chi connectivity index (χ3n) is 4.51. The zero-order valence-electron chi connectivity index (χ0n) is 16.3. The van der Waals surface area contributed by atoms with E-state index in [2.05, 4.69) is 32.7 Å². The lowest BCUT2D eigenvalue weighted by Crippen LogP contribution is -2.43. The molecular weight excluding hydrogens is 479 g/mol. The number of ether oxygens (including phenoxy) is 1. The molecule has 1 atom stereocenters. The molecule has 1 aromatic rings. The van der Waals surface area contributed by atoms with Crippen LogP contribution in [0, 0.1) is 0 Å². The standard InChI is InChI=1S/C18H30N4O3S.HI/c1-19-18(20-9-12-26(3,23)24)21-14-17(22-10-4-5-11-22)15-7-6-8-16(13-15)25-2;/h6-8,13,17H,4-5,9-12,14H2,1-3H3,(H2,19,20,21);1H. The molecule has 154 valence electrons. The number of benzene rings is 1. The minimum absolute atomic E-state index is 0. The first-order chi connectivity index (χ1) is 12.4. The molecule has 0 aliphatic carbocycles. The molecule has 0 bridgehead atoms. The van der Waals surface area contributed by atoms with Gasteiger partial charge >= 0.3 is 0 Å². The van der Waals surface area contributed by atoms with Crippen LogP contribution in [0.3, 0.4) is 0 Å².